The Bertz CT molecular complexity index is 668. The van der Waals surface area contributed by atoms with Crippen LogP contribution in [0.25, 0.3) is 0 Å². The van der Waals surface area contributed by atoms with Gasteiger partial charge in [-0.1, -0.05) is 28.1 Å². The number of hydrogen-bond donors (Lipinski definition) is 0. The number of benzene rings is 2. The van der Waals surface area contributed by atoms with E-state index in [-0.39, 0.29) is 5.56 Å². The second-order valence-corrected chi connectivity index (χ2v) is 6.13. The van der Waals surface area contributed by atoms with Gasteiger partial charge in [-0.05, 0) is 52.9 Å². The molecule has 6 heteroatoms. The maximum atomic E-state index is 12.7. The lowest BCUT2D eigenvalue weighted by Crippen LogP contribution is -2.08. The third kappa shape index (κ3) is 3.41. The number of carbonyl (C=O) groups excluding carboxylic acids is 1. The summed E-state index contributed by atoms with van der Waals surface area (Å²) < 4.78 is 39.4. The Morgan fingerprint density at radius 2 is 1.80 bits per heavy atom. The number of carbonyl (C=O) groups is 1. The summed E-state index contributed by atoms with van der Waals surface area (Å²) in [5.74, 6) is -0.443. The van der Waals surface area contributed by atoms with Gasteiger partial charge in [-0.25, -0.2) is 0 Å². The molecule has 0 aliphatic carbocycles. The molecule has 0 saturated heterocycles. The van der Waals surface area contributed by atoms with Crippen molar-refractivity contribution < 1.29 is 18.0 Å². The molecule has 20 heavy (non-hydrogen) atoms. The molecule has 2 aromatic rings. The van der Waals surface area contributed by atoms with Crippen LogP contribution in [0.2, 0.25) is 0 Å². The van der Waals surface area contributed by atoms with Crippen LogP contribution in [0.1, 0.15) is 21.5 Å². The van der Waals surface area contributed by atoms with Crippen molar-refractivity contribution in [2.24, 2.45) is 0 Å². The molecule has 2 rings (SSSR count). The lowest BCUT2D eigenvalue weighted by atomic mass is 10.0. The van der Waals surface area contributed by atoms with Crippen molar-refractivity contribution in [2.45, 2.75) is 6.18 Å². The zero-order valence-corrected chi connectivity index (χ0v) is 13.6. The maximum absolute atomic E-state index is 12.7. The number of ketones is 1. The number of halogens is 5. The number of hydrogen-bond acceptors (Lipinski definition) is 1. The first-order chi connectivity index (χ1) is 9.29. The molecule has 1 nitrogen and oxygen atoms in total. The predicted octanol–water partition coefficient (Wildman–Crippen LogP) is 5.30. The molecule has 0 N–H and O–H groups in total. The summed E-state index contributed by atoms with van der Waals surface area (Å²) in [4.78, 5) is 12.3. The fourth-order valence-corrected chi connectivity index (χ4v) is 2.58. The minimum absolute atomic E-state index is 0.0162. The van der Waals surface area contributed by atoms with Gasteiger partial charge in [0.1, 0.15) is 0 Å². The van der Waals surface area contributed by atoms with Crippen molar-refractivity contribution in [3.05, 3.63) is 67.2 Å². The van der Waals surface area contributed by atoms with Crippen LogP contribution in [0.5, 0.6) is 0 Å². The van der Waals surface area contributed by atoms with Crippen LogP contribution < -0.4 is 0 Å². The summed E-state index contributed by atoms with van der Waals surface area (Å²) in [7, 11) is 0. The highest BCUT2D eigenvalue weighted by Gasteiger charge is 2.31. The molecule has 0 aliphatic heterocycles. The summed E-state index contributed by atoms with van der Waals surface area (Å²) in [6, 6.07) is 9.56. The first-order valence-electron chi connectivity index (χ1n) is 5.46. The number of alkyl halides is 3. The van der Waals surface area contributed by atoms with E-state index < -0.39 is 17.5 Å². The van der Waals surface area contributed by atoms with Crippen molar-refractivity contribution in [2.75, 3.05) is 0 Å². The van der Waals surface area contributed by atoms with Gasteiger partial charge in [0.05, 0.1) is 5.56 Å². The molecule has 0 aromatic heterocycles. The highest BCUT2D eigenvalue weighted by molar-refractivity contribution is 14.1. The molecular formula is C14H7BrF3IO. The van der Waals surface area contributed by atoms with Crippen molar-refractivity contribution in [3.8, 4) is 0 Å². The molecule has 0 spiro atoms. The monoisotopic (exact) mass is 454 g/mol. The van der Waals surface area contributed by atoms with Gasteiger partial charge in [0.15, 0.2) is 5.78 Å². The van der Waals surface area contributed by atoms with Crippen LogP contribution in [0.3, 0.4) is 0 Å². The summed E-state index contributed by atoms with van der Waals surface area (Å²) in [5.41, 5.74) is -0.469. The molecule has 0 aliphatic rings. The Morgan fingerprint density at radius 1 is 1.10 bits per heavy atom. The van der Waals surface area contributed by atoms with Gasteiger partial charge in [-0.15, -0.1) is 0 Å². The standard InChI is InChI=1S/C14H7BrF3IO/c15-12-5-4-10(19)7-11(12)13(20)8-2-1-3-9(6-8)14(16,17)18/h1-7H. The number of rotatable bonds is 2. The summed E-state index contributed by atoms with van der Waals surface area (Å²) in [6.07, 6.45) is -4.46. The van der Waals surface area contributed by atoms with Gasteiger partial charge >= 0.3 is 6.18 Å². The first-order valence-corrected chi connectivity index (χ1v) is 7.33. The van der Waals surface area contributed by atoms with Gasteiger partial charge < -0.3 is 0 Å². The normalized spacial score (nSPS) is 11.4. The van der Waals surface area contributed by atoms with Crippen LogP contribution in [0.15, 0.2) is 46.9 Å². The lowest BCUT2D eigenvalue weighted by molar-refractivity contribution is -0.137. The SMILES string of the molecule is O=C(c1cccc(C(F)(F)F)c1)c1cc(I)ccc1Br. The molecule has 0 atom stereocenters. The Kier molecular flexibility index (Phi) is 4.53. The first kappa shape index (κ1) is 15.5. The fraction of sp³-hybridized carbons (Fsp3) is 0.0714. The fourth-order valence-electron chi connectivity index (χ4n) is 1.66. The quantitative estimate of drug-likeness (QED) is 0.444. The largest absolute Gasteiger partial charge is 0.416 e. The van der Waals surface area contributed by atoms with E-state index in [2.05, 4.69) is 15.9 Å². The molecule has 2 aromatic carbocycles. The van der Waals surface area contributed by atoms with Crippen molar-refractivity contribution in [3.63, 3.8) is 0 Å². The van der Waals surface area contributed by atoms with Crippen LogP contribution in [-0.2, 0) is 6.18 Å². The second kappa shape index (κ2) is 5.85. The Balaban J connectivity index is 2.46. The van der Waals surface area contributed by atoms with Gasteiger partial charge in [-0.2, -0.15) is 13.2 Å². The van der Waals surface area contributed by atoms with Crippen LogP contribution >= 0.6 is 38.5 Å². The van der Waals surface area contributed by atoms with Crippen molar-refractivity contribution >= 4 is 44.3 Å². The van der Waals surface area contributed by atoms with Crippen LogP contribution in [-0.4, -0.2) is 5.78 Å². The van der Waals surface area contributed by atoms with E-state index in [1.807, 2.05) is 22.6 Å². The smallest absolute Gasteiger partial charge is 0.289 e. The highest BCUT2D eigenvalue weighted by Crippen LogP contribution is 2.30. The van der Waals surface area contributed by atoms with E-state index in [9.17, 15) is 18.0 Å². The van der Waals surface area contributed by atoms with E-state index in [0.29, 0.717) is 10.0 Å². The topological polar surface area (TPSA) is 17.1 Å². The molecule has 0 amide bonds. The van der Waals surface area contributed by atoms with Crippen LogP contribution in [0.4, 0.5) is 13.2 Å². The summed E-state index contributed by atoms with van der Waals surface area (Å²) in [5, 5.41) is 0. The molecule has 0 heterocycles. The van der Waals surface area contributed by atoms with E-state index in [1.54, 1.807) is 18.2 Å². The average Bonchev–Trinajstić information content (AvgIpc) is 2.40. The molecular weight excluding hydrogens is 448 g/mol. The molecule has 0 saturated carbocycles. The highest BCUT2D eigenvalue weighted by atomic mass is 127. The molecule has 0 bridgehead atoms. The Morgan fingerprint density at radius 3 is 2.45 bits per heavy atom. The van der Waals surface area contributed by atoms with Crippen LogP contribution in [0, 0.1) is 3.57 Å². The summed E-state index contributed by atoms with van der Waals surface area (Å²) >= 11 is 5.28. The van der Waals surface area contributed by atoms with E-state index in [1.165, 1.54) is 12.1 Å². The van der Waals surface area contributed by atoms with Crippen molar-refractivity contribution in [1.82, 2.24) is 0 Å². The van der Waals surface area contributed by atoms with E-state index in [4.69, 9.17) is 0 Å². The van der Waals surface area contributed by atoms with E-state index >= 15 is 0 Å². The Labute approximate surface area is 135 Å². The van der Waals surface area contributed by atoms with Crippen molar-refractivity contribution in [1.29, 1.82) is 0 Å². The summed E-state index contributed by atoms with van der Waals surface area (Å²) in [6.45, 7) is 0. The van der Waals surface area contributed by atoms with Gasteiger partial charge in [-0.3, -0.25) is 4.79 Å². The second-order valence-electron chi connectivity index (χ2n) is 4.03. The van der Waals surface area contributed by atoms with Gasteiger partial charge in [0.2, 0.25) is 0 Å². The minimum Gasteiger partial charge on any atom is -0.289 e. The lowest BCUT2D eigenvalue weighted by Gasteiger charge is -2.09. The van der Waals surface area contributed by atoms with E-state index in [0.717, 1.165) is 15.7 Å². The molecule has 0 radical (unpaired) electrons. The average molecular weight is 455 g/mol. The third-order valence-electron chi connectivity index (χ3n) is 2.63. The molecule has 104 valence electrons. The predicted molar refractivity (Wildman–Crippen MR) is 81.7 cm³/mol. The van der Waals surface area contributed by atoms with Gasteiger partial charge in [0.25, 0.3) is 0 Å². The third-order valence-corrected chi connectivity index (χ3v) is 3.99. The zero-order chi connectivity index (χ0) is 14.9. The molecule has 0 fully saturated rings. The minimum atomic E-state index is -4.46. The molecule has 0 unspecified atom stereocenters. The maximum Gasteiger partial charge on any atom is 0.416 e. The Hall–Kier alpha value is -0.890. The zero-order valence-electron chi connectivity index (χ0n) is 9.84. The van der Waals surface area contributed by atoms with Gasteiger partial charge in [0, 0.05) is 19.2 Å².